The first-order chi connectivity index (χ1) is 11.8. The summed E-state index contributed by atoms with van der Waals surface area (Å²) in [6, 6.07) is 10.2. The average molecular weight is 363 g/mol. The molecule has 8 heteroatoms. The molecule has 2 aromatic rings. The normalized spacial score (nSPS) is 12.4. The van der Waals surface area contributed by atoms with Crippen LogP contribution in [0, 0.1) is 6.92 Å². The molecule has 0 aliphatic heterocycles. The minimum absolute atomic E-state index is 0.116. The molecule has 1 atom stereocenters. The Kier molecular flexibility index (Phi) is 5.43. The number of para-hydroxylation sites is 1. The van der Waals surface area contributed by atoms with Gasteiger partial charge in [-0.25, -0.2) is 8.42 Å². The third-order valence-electron chi connectivity index (χ3n) is 3.58. The molecule has 0 radical (unpaired) electrons. The molecular formula is C17H17NO6S. The van der Waals surface area contributed by atoms with E-state index < -0.39 is 28.5 Å². The van der Waals surface area contributed by atoms with Crippen molar-refractivity contribution < 1.29 is 28.2 Å². The molecule has 0 aliphatic carbocycles. The largest absolute Gasteiger partial charge is 0.506 e. The predicted molar refractivity (Wildman–Crippen MR) is 91.1 cm³/mol. The number of hydrogen-bond acceptors (Lipinski definition) is 5. The van der Waals surface area contributed by atoms with Gasteiger partial charge in [0.25, 0.3) is 10.0 Å². The maximum atomic E-state index is 13.1. The molecule has 2 N–H and O–H groups in total. The summed E-state index contributed by atoms with van der Waals surface area (Å²) in [6.45, 7) is 1.56. The molecule has 132 valence electrons. The topological polar surface area (TPSA) is 112 Å². The standard InChI is InChI=1S/C17H17NO6S/c1-12-6-5-9-15(20)17(12)18(13(11-19)10-16(21)22)25(23,24)14-7-3-2-4-8-14/h2-9,11,13,20H,10H2,1H3,(H,21,22). The molecule has 1 unspecified atom stereocenters. The molecule has 0 amide bonds. The van der Waals surface area contributed by atoms with Crippen LogP contribution in [0.3, 0.4) is 0 Å². The van der Waals surface area contributed by atoms with E-state index in [0.717, 1.165) is 0 Å². The number of rotatable bonds is 7. The molecule has 25 heavy (non-hydrogen) atoms. The smallest absolute Gasteiger partial charge is 0.305 e. The number of carbonyl (C=O) groups excluding carboxylic acids is 1. The molecule has 0 saturated carbocycles. The highest BCUT2D eigenvalue weighted by molar-refractivity contribution is 7.93. The molecule has 7 nitrogen and oxygen atoms in total. The maximum Gasteiger partial charge on any atom is 0.305 e. The van der Waals surface area contributed by atoms with Gasteiger partial charge in [0.1, 0.15) is 18.1 Å². The summed E-state index contributed by atoms with van der Waals surface area (Å²) >= 11 is 0. The highest BCUT2D eigenvalue weighted by Gasteiger charge is 2.35. The van der Waals surface area contributed by atoms with Gasteiger partial charge in [-0.2, -0.15) is 0 Å². The van der Waals surface area contributed by atoms with E-state index in [4.69, 9.17) is 5.11 Å². The number of anilines is 1. The highest BCUT2D eigenvalue weighted by atomic mass is 32.2. The first kappa shape index (κ1) is 18.5. The van der Waals surface area contributed by atoms with Crippen molar-refractivity contribution in [3.63, 3.8) is 0 Å². The van der Waals surface area contributed by atoms with Gasteiger partial charge in [0.15, 0.2) is 0 Å². The van der Waals surface area contributed by atoms with E-state index in [1.165, 1.54) is 36.4 Å². The van der Waals surface area contributed by atoms with Crippen molar-refractivity contribution >= 4 is 28.0 Å². The lowest BCUT2D eigenvalue weighted by molar-refractivity contribution is -0.138. The Labute approximate surface area is 145 Å². The van der Waals surface area contributed by atoms with Gasteiger partial charge in [0.2, 0.25) is 0 Å². The number of aldehydes is 1. The summed E-state index contributed by atoms with van der Waals surface area (Å²) in [5.41, 5.74) is 0.265. The number of aliphatic carboxylic acids is 1. The van der Waals surface area contributed by atoms with Crippen LogP contribution in [0.2, 0.25) is 0 Å². The summed E-state index contributed by atoms with van der Waals surface area (Å²) in [7, 11) is -4.28. The minimum Gasteiger partial charge on any atom is -0.506 e. The van der Waals surface area contributed by atoms with Crippen molar-refractivity contribution in [2.75, 3.05) is 4.31 Å². The Balaban J connectivity index is 2.73. The monoisotopic (exact) mass is 363 g/mol. The number of sulfonamides is 1. The van der Waals surface area contributed by atoms with Crippen LogP contribution < -0.4 is 4.31 Å². The predicted octanol–water partition coefficient (Wildman–Crippen LogP) is 1.94. The Hall–Kier alpha value is -2.87. The van der Waals surface area contributed by atoms with Crippen LogP contribution in [-0.4, -0.2) is 36.9 Å². The highest BCUT2D eigenvalue weighted by Crippen LogP contribution is 2.36. The summed E-state index contributed by atoms with van der Waals surface area (Å²) in [4.78, 5) is 22.5. The van der Waals surface area contributed by atoms with Gasteiger partial charge in [-0.15, -0.1) is 0 Å². The van der Waals surface area contributed by atoms with Crippen molar-refractivity contribution in [1.29, 1.82) is 0 Å². The number of aromatic hydroxyl groups is 1. The Morgan fingerprint density at radius 2 is 1.80 bits per heavy atom. The maximum absolute atomic E-state index is 13.1. The first-order valence-corrected chi connectivity index (χ1v) is 8.78. The first-order valence-electron chi connectivity index (χ1n) is 7.34. The van der Waals surface area contributed by atoms with Crippen LogP contribution in [-0.2, 0) is 19.6 Å². The molecule has 0 heterocycles. The molecule has 0 fully saturated rings. The van der Waals surface area contributed by atoms with Gasteiger partial charge in [-0.05, 0) is 30.7 Å². The van der Waals surface area contributed by atoms with E-state index in [2.05, 4.69) is 0 Å². The van der Waals surface area contributed by atoms with Gasteiger partial charge in [0, 0.05) is 0 Å². The fourth-order valence-corrected chi connectivity index (χ4v) is 4.15. The zero-order valence-corrected chi connectivity index (χ0v) is 14.2. The Morgan fingerprint density at radius 3 is 2.32 bits per heavy atom. The van der Waals surface area contributed by atoms with Crippen LogP contribution in [0.4, 0.5) is 5.69 Å². The third kappa shape index (κ3) is 3.80. The fraction of sp³-hybridized carbons (Fsp3) is 0.176. The van der Waals surface area contributed by atoms with Crippen LogP contribution >= 0.6 is 0 Å². The Bertz CT molecular complexity index is 859. The summed E-state index contributed by atoms with van der Waals surface area (Å²) in [5.74, 6) is -1.70. The van der Waals surface area contributed by atoms with E-state index in [0.29, 0.717) is 9.87 Å². The molecule has 0 spiro atoms. The SMILES string of the molecule is Cc1cccc(O)c1N(C(C=O)CC(=O)O)S(=O)(=O)c1ccccc1. The molecule has 0 aliphatic rings. The lowest BCUT2D eigenvalue weighted by atomic mass is 10.1. The summed E-state index contributed by atoms with van der Waals surface area (Å²) in [5, 5.41) is 19.2. The molecule has 0 bridgehead atoms. The van der Waals surface area contributed by atoms with Crippen molar-refractivity contribution in [1.82, 2.24) is 0 Å². The van der Waals surface area contributed by atoms with Crippen LogP contribution in [0.25, 0.3) is 0 Å². The number of phenolic OH excluding ortho intramolecular Hbond substituents is 1. The van der Waals surface area contributed by atoms with E-state index in [-0.39, 0.29) is 22.6 Å². The van der Waals surface area contributed by atoms with Crippen molar-refractivity contribution in [2.24, 2.45) is 0 Å². The Morgan fingerprint density at radius 1 is 1.16 bits per heavy atom. The van der Waals surface area contributed by atoms with E-state index in [1.807, 2.05) is 0 Å². The molecule has 2 rings (SSSR count). The number of carbonyl (C=O) groups is 2. The van der Waals surface area contributed by atoms with Gasteiger partial charge < -0.3 is 15.0 Å². The van der Waals surface area contributed by atoms with Crippen LogP contribution in [0.1, 0.15) is 12.0 Å². The van der Waals surface area contributed by atoms with E-state index >= 15 is 0 Å². The van der Waals surface area contributed by atoms with Crippen LogP contribution in [0.5, 0.6) is 5.75 Å². The van der Waals surface area contributed by atoms with Crippen molar-refractivity contribution in [3.8, 4) is 5.75 Å². The second kappa shape index (κ2) is 7.35. The number of carboxylic acids is 1. The van der Waals surface area contributed by atoms with Gasteiger partial charge in [-0.3, -0.25) is 9.10 Å². The number of aryl methyl sites for hydroxylation is 1. The zero-order chi connectivity index (χ0) is 18.6. The van der Waals surface area contributed by atoms with E-state index in [9.17, 15) is 23.1 Å². The molecule has 2 aromatic carbocycles. The number of carboxylic acid groups (broad SMARTS) is 1. The minimum atomic E-state index is -4.28. The number of phenols is 1. The molecule has 0 saturated heterocycles. The fourth-order valence-electron chi connectivity index (χ4n) is 2.47. The van der Waals surface area contributed by atoms with Gasteiger partial charge in [-0.1, -0.05) is 30.3 Å². The second-order valence-corrected chi connectivity index (χ2v) is 7.17. The average Bonchev–Trinajstić information content (AvgIpc) is 2.57. The van der Waals surface area contributed by atoms with Crippen molar-refractivity contribution in [2.45, 2.75) is 24.3 Å². The molecule has 0 aromatic heterocycles. The third-order valence-corrected chi connectivity index (χ3v) is 5.42. The summed E-state index contributed by atoms with van der Waals surface area (Å²) < 4.78 is 26.8. The molecular weight excluding hydrogens is 346 g/mol. The van der Waals surface area contributed by atoms with Crippen molar-refractivity contribution in [3.05, 3.63) is 54.1 Å². The summed E-state index contributed by atoms with van der Waals surface area (Å²) in [6.07, 6.45) is -0.482. The van der Waals surface area contributed by atoms with Gasteiger partial charge >= 0.3 is 5.97 Å². The number of nitrogens with zero attached hydrogens (tertiary/aromatic N) is 1. The quantitative estimate of drug-likeness (QED) is 0.727. The van der Waals surface area contributed by atoms with E-state index in [1.54, 1.807) is 19.1 Å². The number of benzene rings is 2. The zero-order valence-electron chi connectivity index (χ0n) is 13.4. The lowest BCUT2D eigenvalue weighted by Crippen LogP contribution is -2.43. The lowest BCUT2D eigenvalue weighted by Gasteiger charge is -2.30. The van der Waals surface area contributed by atoms with Gasteiger partial charge in [0.05, 0.1) is 17.0 Å². The second-order valence-electron chi connectivity index (χ2n) is 5.36. The van der Waals surface area contributed by atoms with Crippen LogP contribution in [0.15, 0.2) is 53.4 Å². The number of hydrogen-bond donors (Lipinski definition) is 2.